The van der Waals surface area contributed by atoms with Gasteiger partial charge in [-0.1, -0.05) is 31.2 Å². The number of aryl methyl sites for hydroxylation is 1. The lowest BCUT2D eigenvalue weighted by atomic mass is 9.97. The highest BCUT2D eigenvalue weighted by Gasteiger charge is 2.39. The van der Waals surface area contributed by atoms with Crippen LogP contribution in [0.25, 0.3) is 0 Å². The third kappa shape index (κ3) is 2.96. The van der Waals surface area contributed by atoms with Gasteiger partial charge in [-0.15, -0.1) is 0 Å². The first kappa shape index (κ1) is 12.0. The molecular weight excluding hydrogens is 203 g/mol. The van der Waals surface area contributed by atoms with E-state index in [-0.39, 0.29) is 5.56 Å². The molecule has 1 aromatic rings. The molecule has 0 saturated carbocycles. The third-order valence-electron chi connectivity index (χ3n) is 2.42. The molecule has 15 heavy (non-hydrogen) atoms. The molecule has 0 fully saturated rings. The molecule has 0 spiro atoms. The van der Waals surface area contributed by atoms with Crippen molar-refractivity contribution in [1.29, 1.82) is 0 Å². The van der Waals surface area contributed by atoms with Crippen LogP contribution in [0.1, 0.15) is 24.0 Å². The number of hydrogen-bond donors (Lipinski definition) is 1. The number of benzene rings is 1. The minimum atomic E-state index is -4.26. The summed E-state index contributed by atoms with van der Waals surface area (Å²) in [6, 6.07) is 6.43. The average Bonchev–Trinajstić information content (AvgIpc) is 2.18. The predicted molar refractivity (Wildman–Crippen MR) is 53.7 cm³/mol. The molecule has 0 aliphatic rings. The van der Waals surface area contributed by atoms with Crippen LogP contribution in [-0.2, 0) is 6.42 Å². The molecule has 0 aliphatic carbocycles. The molecule has 0 radical (unpaired) electrons. The minimum absolute atomic E-state index is 0.238. The van der Waals surface area contributed by atoms with E-state index in [0.717, 1.165) is 12.0 Å². The quantitative estimate of drug-likeness (QED) is 0.827. The van der Waals surface area contributed by atoms with Gasteiger partial charge in [-0.2, -0.15) is 13.2 Å². The molecule has 84 valence electrons. The zero-order valence-electron chi connectivity index (χ0n) is 8.51. The van der Waals surface area contributed by atoms with Gasteiger partial charge in [-0.05, 0) is 17.5 Å². The zero-order valence-corrected chi connectivity index (χ0v) is 8.51. The summed E-state index contributed by atoms with van der Waals surface area (Å²) < 4.78 is 37.5. The molecule has 4 heteroatoms. The Labute approximate surface area is 87.1 Å². The van der Waals surface area contributed by atoms with Crippen LogP contribution in [0.4, 0.5) is 13.2 Å². The Hall–Kier alpha value is -1.03. The molecule has 1 unspecified atom stereocenters. The van der Waals surface area contributed by atoms with Crippen molar-refractivity contribution >= 4 is 0 Å². The Morgan fingerprint density at radius 1 is 1.20 bits per heavy atom. The number of halogens is 3. The molecular formula is C11H14F3N. The van der Waals surface area contributed by atoms with E-state index in [2.05, 4.69) is 0 Å². The van der Waals surface area contributed by atoms with Crippen molar-refractivity contribution in [1.82, 2.24) is 0 Å². The lowest BCUT2D eigenvalue weighted by molar-refractivity contribution is -0.148. The first-order valence-electron chi connectivity index (χ1n) is 4.84. The molecule has 0 heterocycles. The second-order valence-corrected chi connectivity index (χ2v) is 3.43. The second kappa shape index (κ2) is 4.66. The van der Waals surface area contributed by atoms with Gasteiger partial charge in [0.15, 0.2) is 0 Å². The van der Waals surface area contributed by atoms with Gasteiger partial charge in [0.1, 0.15) is 0 Å². The first-order valence-corrected chi connectivity index (χ1v) is 4.84. The van der Waals surface area contributed by atoms with Crippen LogP contribution in [0, 0.1) is 0 Å². The fourth-order valence-corrected chi connectivity index (χ4v) is 1.44. The van der Waals surface area contributed by atoms with Crippen LogP contribution in [0.15, 0.2) is 24.3 Å². The summed E-state index contributed by atoms with van der Waals surface area (Å²) in [5, 5.41) is 0. The van der Waals surface area contributed by atoms with Crippen LogP contribution < -0.4 is 5.73 Å². The first-order chi connectivity index (χ1) is 6.99. The van der Waals surface area contributed by atoms with E-state index in [1.54, 1.807) is 12.1 Å². The fraction of sp³-hybridized carbons (Fsp3) is 0.455. The van der Waals surface area contributed by atoms with Crippen LogP contribution in [-0.4, -0.2) is 12.7 Å². The molecule has 0 aliphatic heterocycles. The molecule has 1 nitrogen and oxygen atoms in total. The van der Waals surface area contributed by atoms with Gasteiger partial charge < -0.3 is 5.73 Å². The van der Waals surface area contributed by atoms with Gasteiger partial charge in [0.25, 0.3) is 0 Å². The van der Waals surface area contributed by atoms with Crippen molar-refractivity contribution in [3.63, 3.8) is 0 Å². The van der Waals surface area contributed by atoms with E-state index < -0.39 is 18.6 Å². The maximum atomic E-state index is 12.5. The number of hydrogen-bond acceptors (Lipinski definition) is 1. The van der Waals surface area contributed by atoms with E-state index in [9.17, 15) is 13.2 Å². The Morgan fingerprint density at radius 2 is 1.73 bits per heavy atom. The van der Waals surface area contributed by atoms with Crippen molar-refractivity contribution in [3.05, 3.63) is 35.4 Å². The largest absolute Gasteiger partial charge is 0.396 e. The predicted octanol–water partition coefficient (Wildman–Crippen LogP) is 2.85. The van der Waals surface area contributed by atoms with Gasteiger partial charge in [0, 0.05) is 6.54 Å². The number of nitrogens with two attached hydrogens (primary N) is 1. The summed E-state index contributed by atoms with van der Waals surface area (Å²) in [5.41, 5.74) is 6.40. The molecule has 1 atom stereocenters. The molecule has 0 saturated heterocycles. The van der Waals surface area contributed by atoms with E-state index in [4.69, 9.17) is 5.73 Å². The van der Waals surface area contributed by atoms with Gasteiger partial charge in [-0.25, -0.2) is 0 Å². The lowest BCUT2D eigenvalue weighted by Crippen LogP contribution is -2.27. The number of alkyl halides is 3. The summed E-state index contributed by atoms with van der Waals surface area (Å²) in [5.74, 6) is -1.55. The van der Waals surface area contributed by atoms with Crippen molar-refractivity contribution < 1.29 is 13.2 Å². The summed E-state index contributed by atoms with van der Waals surface area (Å²) >= 11 is 0. The monoisotopic (exact) mass is 217 g/mol. The molecule has 1 aromatic carbocycles. The Balaban J connectivity index is 2.93. The second-order valence-electron chi connectivity index (χ2n) is 3.43. The van der Waals surface area contributed by atoms with E-state index in [1.807, 2.05) is 6.92 Å². The summed E-state index contributed by atoms with van der Waals surface area (Å²) in [6.45, 7) is 1.55. The van der Waals surface area contributed by atoms with Crippen LogP contribution in [0.3, 0.4) is 0 Å². The van der Waals surface area contributed by atoms with Crippen molar-refractivity contribution in [2.45, 2.75) is 25.4 Å². The third-order valence-corrected chi connectivity index (χ3v) is 2.42. The van der Waals surface area contributed by atoms with Crippen LogP contribution in [0.2, 0.25) is 0 Å². The van der Waals surface area contributed by atoms with Crippen LogP contribution in [0.5, 0.6) is 0 Å². The van der Waals surface area contributed by atoms with Gasteiger partial charge in [0.05, 0.1) is 5.92 Å². The Bertz CT molecular complexity index is 303. The normalized spacial score (nSPS) is 13.9. The Kier molecular flexibility index (Phi) is 3.74. The highest BCUT2D eigenvalue weighted by molar-refractivity contribution is 5.26. The molecule has 2 N–H and O–H groups in total. The Morgan fingerprint density at radius 3 is 2.07 bits per heavy atom. The standard InChI is InChI=1S/C11H14F3N/c1-2-8-3-5-9(6-4-8)10(7-15)11(12,13)14/h3-6,10H,2,7,15H2,1H3. The maximum Gasteiger partial charge on any atom is 0.396 e. The van der Waals surface area contributed by atoms with E-state index in [0.29, 0.717) is 0 Å². The highest BCUT2D eigenvalue weighted by Crippen LogP contribution is 2.33. The summed E-state index contributed by atoms with van der Waals surface area (Å²) in [4.78, 5) is 0. The van der Waals surface area contributed by atoms with E-state index in [1.165, 1.54) is 12.1 Å². The molecule has 1 rings (SSSR count). The molecule has 0 amide bonds. The topological polar surface area (TPSA) is 26.0 Å². The van der Waals surface area contributed by atoms with Gasteiger partial charge in [0.2, 0.25) is 0 Å². The van der Waals surface area contributed by atoms with E-state index >= 15 is 0 Å². The summed E-state index contributed by atoms with van der Waals surface area (Å²) in [7, 11) is 0. The summed E-state index contributed by atoms with van der Waals surface area (Å²) in [6.07, 6.45) is -3.44. The fourth-order valence-electron chi connectivity index (χ4n) is 1.44. The van der Waals surface area contributed by atoms with Crippen molar-refractivity contribution in [3.8, 4) is 0 Å². The minimum Gasteiger partial charge on any atom is -0.330 e. The zero-order chi connectivity index (χ0) is 11.5. The number of rotatable bonds is 3. The molecule has 0 aromatic heterocycles. The highest BCUT2D eigenvalue weighted by atomic mass is 19.4. The smallest absolute Gasteiger partial charge is 0.330 e. The van der Waals surface area contributed by atoms with Gasteiger partial charge >= 0.3 is 6.18 Å². The van der Waals surface area contributed by atoms with Crippen LogP contribution >= 0.6 is 0 Å². The van der Waals surface area contributed by atoms with Gasteiger partial charge in [-0.3, -0.25) is 0 Å². The lowest BCUT2D eigenvalue weighted by Gasteiger charge is -2.18. The SMILES string of the molecule is CCc1ccc(C(CN)C(F)(F)F)cc1. The van der Waals surface area contributed by atoms with Crippen molar-refractivity contribution in [2.75, 3.05) is 6.54 Å². The maximum absolute atomic E-state index is 12.5. The van der Waals surface area contributed by atoms with Crippen molar-refractivity contribution in [2.24, 2.45) is 5.73 Å². The molecule has 0 bridgehead atoms. The average molecular weight is 217 g/mol.